The van der Waals surface area contributed by atoms with Crippen molar-refractivity contribution in [2.75, 3.05) is 0 Å². The highest BCUT2D eigenvalue weighted by molar-refractivity contribution is 9.10. The number of pyridine rings is 1. The molecule has 0 atom stereocenters. The standard InChI is InChI=1S/C9H5BrN/c10-9-2-1-7-3-4-11-6-8(7)5-9/h1-3,5-6H. The largest absolute Gasteiger partial charge is 0.254 e. The number of hydrogen-bond acceptors (Lipinski definition) is 1. The molecule has 1 aromatic heterocycles. The molecule has 2 aromatic rings. The lowest BCUT2D eigenvalue weighted by molar-refractivity contribution is 1.34. The van der Waals surface area contributed by atoms with Crippen LogP contribution in [-0.4, -0.2) is 4.98 Å². The van der Waals surface area contributed by atoms with Crippen LogP contribution in [0, 0.1) is 6.20 Å². The van der Waals surface area contributed by atoms with Gasteiger partial charge in [-0.2, -0.15) is 0 Å². The van der Waals surface area contributed by atoms with Gasteiger partial charge in [-0.3, -0.25) is 4.98 Å². The molecule has 0 aliphatic rings. The van der Waals surface area contributed by atoms with E-state index in [9.17, 15) is 0 Å². The summed E-state index contributed by atoms with van der Waals surface area (Å²) in [6.45, 7) is 0. The molecule has 0 saturated carbocycles. The van der Waals surface area contributed by atoms with Gasteiger partial charge in [0, 0.05) is 16.1 Å². The molecular formula is C9H5BrN. The first-order valence-corrected chi connectivity index (χ1v) is 4.07. The minimum atomic E-state index is 1.08. The molecule has 11 heavy (non-hydrogen) atoms. The van der Waals surface area contributed by atoms with Gasteiger partial charge < -0.3 is 0 Å². The van der Waals surface area contributed by atoms with Crippen molar-refractivity contribution in [2.24, 2.45) is 0 Å². The van der Waals surface area contributed by atoms with Crippen LogP contribution in [0.1, 0.15) is 0 Å². The smallest absolute Gasteiger partial charge is 0.0892 e. The minimum absolute atomic E-state index is 1.08. The number of nitrogens with zero attached hydrogens (tertiary/aromatic N) is 1. The topological polar surface area (TPSA) is 12.9 Å². The van der Waals surface area contributed by atoms with Crippen molar-refractivity contribution < 1.29 is 0 Å². The third kappa shape index (κ3) is 1.26. The highest BCUT2D eigenvalue weighted by Crippen LogP contribution is 2.17. The zero-order chi connectivity index (χ0) is 7.68. The number of hydrogen-bond donors (Lipinski definition) is 0. The molecule has 1 radical (unpaired) electrons. The Kier molecular flexibility index (Phi) is 1.62. The highest BCUT2D eigenvalue weighted by atomic mass is 79.9. The molecule has 2 heteroatoms. The van der Waals surface area contributed by atoms with Gasteiger partial charge in [-0.1, -0.05) is 22.0 Å². The molecular weight excluding hydrogens is 202 g/mol. The summed E-state index contributed by atoms with van der Waals surface area (Å²) in [5.74, 6) is 0. The molecule has 1 heterocycles. The van der Waals surface area contributed by atoms with Gasteiger partial charge in [0.1, 0.15) is 0 Å². The van der Waals surface area contributed by atoms with E-state index in [4.69, 9.17) is 0 Å². The van der Waals surface area contributed by atoms with Crippen molar-refractivity contribution in [2.45, 2.75) is 0 Å². The van der Waals surface area contributed by atoms with Crippen molar-refractivity contribution in [1.82, 2.24) is 4.98 Å². The molecule has 2 rings (SSSR count). The Balaban J connectivity index is 2.83. The van der Waals surface area contributed by atoms with E-state index in [1.807, 2.05) is 24.3 Å². The van der Waals surface area contributed by atoms with E-state index in [0.29, 0.717) is 0 Å². The van der Waals surface area contributed by atoms with Crippen LogP contribution >= 0.6 is 15.9 Å². The van der Waals surface area contributed by atoms with Crippen molar-refractivity contribution in [3.8, 4) is 0 Å². The van der Waals surface area contributed by atoms with E-state index in [1.165, 1.54) is 5.39 Å². The summed E-state index contributed by atoms with van der Waals surface area (Å²) in [5, 5.41) is 2.31. The number of rotatable bonds is 0. The van der Waals surface area contributed by atoms with Gasteiger partial charge in [0.05, 0.1) is 6.20 Å². The normalized spacial score (nSPS) is 10.3. The Morgan fingerprint density at radius 3 is 3.09 bits per heavy atom. The maximum atomic E-state index is 3.91. The van der Waals surface area contributed by atoms with Crippen LogP contribution in [0.15, 0.2) is 34.9 Å². The molecule has 0 amide bonds. The average Bonchev–Trinajstić information content (AvgIpc) is 2.04. The summed E-state index contributed by atoms with van der Waals surface area (Å²) in [4.78, 5) is 3.91. The monoisotopic (exact) mass is 206 g/mol. The zero-order valence-corrected chi connectivity index (χ0v) is 7.30. The summed E-state index contributed by atoms with van der Waals surface area (Å²) in [7, 11) is 0. The van der Waals surface area contributed by atoms with Crippen molar-refractivity contribution in [1.29, 1.82) is 0 Å². The number of halogens is 1. The molecule has 0 bridgehead atoms. The second-order valence-electron chi connectivity index (χ2n) is 2.30. The molecule has 0 saturated heterocycles. The predicted octanol–water partition coefficient (Wildman–Crippen LogP) is 2.80. The molecule has 53 valence electrons. The molecule has 1 nitrogen and oxygen atoms in total. The minimum Gasteiger partial charge on any atom is -0.254 e. The Hall–Kier alpha value is -0.890. The van der Waals surface area contributed by atoms with Crippen LogP contribution in [0.25, 0.3) is 10.8 Å². The van der Waals surface area contributed by atoms with Crippen LogP contribution in [0.5, 0.6) is 0 Å². The maximum absolute atomic E-state index is 3.91. The van der Waals surface area contributed by atoms with Crippen molar-refractivity contribution in [3.05, 3.63) is 41.1 Å². The summed E-state index contributed by atoms with van der Waals surface area (Å²) < 4.78 is 1.08. The summed E-state index contributed by atoms with van der Waals surface area (Å²) in [6.07, 6.45) is 4.60. The number of benzene rings is 1. The van der Waals surface area contributed by atoms with Crippen LogP contribution < -0.4 is 0 Å². The predicted molar refractivity (Wildman–Crippen MR) is 48.3 cm³/mol. The van der Waals surface area contributed by atoms with E-state index in [2.05, 4.69) is 27.1 Å². The summed E-state index contributed by atoms with van der Waals surface area (Å²) in [5.41, 5.74) is 0. The van der Waals surface area contributed by atoms with Crippen molar-refractivity contribution in [3.63, 3.8) is 0 Å². The van der Waals surface area contributed by atoms with Gasteiger partial charge in [-0.05, 0) is 23.6 Å². The van der Waals surface area contributed by atoms with Gasteiger partial charge >= 0.3 is 0 Å². The summed E-state index contributed by atoms with van der Waals surface area (Å²) in [6, 6.07) is 7.96. The zero-order valence-electron chi connectivity index (χ0n) is 5.71. The maximum Gasteiger partial charge on any atom is 0.0892 e. The Labute approximate surface area is 73.2 Å². The summed E-state index contributed by atoms with van der Waals surface area (Å²) >= 11 is 3.39. The molecule has 0 spiro atoms. The lowest BCUT2D eigenvalue weighted by Gasteiger charge is -1.94. The molecule has 0 aliphatic carbocycles. The quantitative estimate of drug-likeness (QED) is 0.647. The van der Waals surface area contributed by atoms with Crippen molar-refractivity contribution >= 4 is 26.7 Å². The van der Waals surface area contributed by atoms with E-state index >= 15 is 0 Å². The lowest BCUT2D eigenvalue weighted by Crippen LogP contribution is -1.74. The van der Waals surface area contributed by atoms with Gasteiger partial charge in [0.15, 0.2) is 0 Å². The van der Waals surface area contributed by atoms with Crippen LogP contribution in [0.4, 0.5) is 0 Å². The fourth-order valence-corrected chi connectivity index (χ4v) is 1.38. The third-order valence-electron chi connectivity index (χ3n) is 1.55. The van der Waals surface area contributed by atoms with E-state index in [0.717, 1.165) is 9.86 Å². The fraction of sp³-hybridized carbons (Fsp3) is 0. The number of fused-ring (bicyclic) bond motifs is 1. The van der Waals surface area contributed by atoms with Crippen LogP contribution in [0.2, 0.25) is 0 Å². The highest BCUT2D eigenvalue weighted by Gasteiger charge is 1.91. The van der Waals surface area contributed by atoms with Crippen LogP contribution in [-0.2, 0) is 0 Å². The van der Waals surface area contributed by atoms with Gasteiger partial charge in [0.2, 0.25) is 0 Å². The lowest BCUT2D eigenvalue weighted by atomic mass is 10.2. The van der Waals surface area contributed by atoms with Gasteiger partial charge in [0.25, 0.3) is 0 Å². The first-order valence-electron chi connectivity index (χ1n) is 3.27. The van der Waals surface area contributed by atoms with Crippen LogP contribution in [0.3, 0.4) is 0 Å². The molecule has 0 N–H and O–H groups in total. The molecule has 0 fully saturated rings. The molecule has 0 unspecified atom stereocenters. The second-order valence-corrected chi connectivity index (χ2v) is 3.22. The molecule has 1 aromatic carbocycles. The second kappa shape index (κ2) is 2.62. The SMILES string of the molecule is Brc1ccc2c[c]ncc2c1. The van der Waals surface area contributed by atoms with E-state index < -0.39 is 0 Å². The van der Waals surface area contributed by atoms with E-state index in [1.54, 1.807) is 6.20 Å². The first kappa shape index (κ1) is 6.80. The van der Waals surface area contributed by atoms with Gasteiger partial charge in [-0.25, -0.2) is 0 Å². The Bertz CT molecular complexity index is 384. The fourth-order valence-electron chi connectivity index (χ4n) is 1.00. The molecule has 0 aliphatic heterocycles. The Morgan fingerprint density at radius 2 is 2.18 bits per heavy atom. The first-order chi connectivity index (χ1) is 5.36. The number of aromatic nitrogens is 1. The third-order valence-corrected chi connectivity index (χ3v) is 2.04. The average molecular weight is 207 g/mol. The van der Waals surface area contributed by atoms with E-state index in [-0.39, 0.29) is 0 Å². The van der Waals surface area contributed by atoms with Gasteiger partial charge in [-0.15, -0.1) is 0 Å². The Morgan fingerprint density at radius 1 is 1.27 bits per heavy atom.